The van der Waals surface area contributed by atoms with Gasteiger partial charge in [0.2, 0.25) is 0 Å². The van der Waals surface area contributed by atoms with Crippen LogP contribution in [0.5, 0.6) is 0 Å². The van der Waals surface area contributed by atoms with E-state index >= 15 is 0 Å². The molecule has 0 aliphatic heterocycles. The van der Waals surface area contributed by atoms with E-state index in [9.17, 15) is 4.79 Å². The number of thiophene rings is 1. The van der Waals surface area contributed by atoms with Crippen molar-refractivity contribution in [3.8, 4) is 0 Å². The Hall–Kier alpha value is -0.540. The molecule has 106 valence electrons. The van der Waals surface area contributed by atoms with Crippen molar-refractivity contribution in [3.05, 3.63) is 21.9 Å². The van der Waals surface area contributed by atoms with Gasteiger partial charge in [0.25, 0.3) is 5.91 Å². The Morgan fingerprint density at radius 3 is 2.68 bits per heavy atom. The first-order chi connectivity index (χ1) is 9.26. The highest BCUT2D eigenvalue weighted by atomic mass is 35.5. The lowest BCUT2D eigenvalue weighted by molar-refractivity contribution is 0.0654. The first-order valence-electron chi connectivity index (χ1n) is 7.22. The number of aryl methyl sites for hydroxylation is 1. The molecular weight excluding hydrogens is 278 g/mol. The second-order valence-corrected chi connectivity index (χ2v) is 6.65. The largest absolute Gasteiger partial charge is 0.334 e. The van der Waals surface area contributed by atoms with Crippen molar-refractivity contribution in [2.75, 3.05) is 12.4 Å². The molecule has 0 atom stereocenters. The number of rotatable bonds is 5. The van der Waals surface area contributed by atoms with E-state index in [1.165, 1.54) is 24.1 Å². The van der Waals surface area contributed by atoms with E-state index in [1.54, 1.807) is 11.3 Å². The monoisotopic (exact) mass is 299 g/mol. The first-order valence-corrected chi connectivity index (χ1v) is 8.57. The molecule has 0 spiro atoms. The number of hydrogen-bond donors (Lipinski definition) is 0. The summed E-state index contributed by atoms with van der Waals surface area (Å²) in [6.07, 6.45) is 7.04. The summed E-state index contributed by atoms with van der Waals surface area (Å²) in [5.74, 6) is 0.700. The van der Waals surface area contributed by atoms with E-state index in [1.807, 2.05) is 11.0 Å². The molecule has 1 heterocycles. The normalized spacial score (nSPS) is 16.5. The van der Waals surface area contributed by atoms with Gasteiger partial charge in [-0.2, -0.15) is 0 Å². The molecule has 2 nitrogen and oxygen atoms in total. The molecule has 19 heavy (non-hydrogen) atoms. The van der Waals surface area contributed by atoms with Crippen LogP contribution in [0.15, 0.2) is 12.1 Å². The van der Waals surface area contributed by atoms with Crippen LogP contribution in [0, 0.1) is 0 Å². The molecule has 0 saturated heterocycles. The van der Waals surface area contributed by atoms with E-state index in [0.29, 0.717) is 18.5 Å². The van der Waals surface area contributed by atoms with Gasteiger partial charge in [-0.15, -0.1) is 22.9 Å². The van der Waals surface area contributed by atoms with Gasteiger partial charge in [0.15, 0.2) is 0 Å². The molecule has 0 N–H and O–H groups in total. The van der Waals surface area contributed by atoms with Crippen molar-refractivity contribution < 1.29 is 4.79 Å². The topological polar surface area (TPSA) is 20.3 Å². The van der Waals surface area contributed by atoms with E-state index in [0.717, 1.165) is 24.1 Å². The third kappa shape index (κ3) is 3.73. The molecule has 1 aromatic rings. The molecule has 1 aliphatic carbocycles. The summed E-state index contributed by atoms with van der Waals surface area (Å²) in [6.45, 7) is 2.79. The maximum absolute atomic E-state index is 12.6. The van der Waals surface area contributed by atoms with Crippen LogP contribution in [0.4, 0.5) is 0 Å². The smallest absolute Gasteiger partial charge is 0.264 e. The number of amides is 1. The first kappa shape index (κ1) is 14.9. The zero-order valence-electron chi connectivity index (χ0n) is 11.5. The third-order valence-corrected chi connectivity index (χ3v) is 5.21. The molecule has 0 bridgehead atoms. The van der Waals surface area contributed by atoms with Crippen molar-refractivity contribution in [2.45, 2.75) is 51.5 Å². The molecule has 1 saturated carbocycles. The Bertz CT molecular complexity index is 412. The Kier molecular flexibility index (Phi) is 5.71. The van der Waals surface area contributed by atoms with Crippen molar-refractivity contribution in [2.24, 2.45) is 0 Å². The van der Waals surface area contributed by atoms with E-state index in [4.69, 9.17) is 11.6 Å². The van der Waals surface area contributed by atoms with Crippen molar-refractivity contribution >= 4 is 28.8 Å². The lowest BCUT2D eigenvalue weighted by atomic mass is 9.94. The molecule has 1 fully saturated rings. The molecule has 2 rings (SSSR count). The second kappa shape index (κ2) is 7.30. The Morgan fingerprint density at radius 1 is 1.37 bits per heavy atom. The Morgan fingerprint density at radius 2 is 2.11 bits per heavy atom. The summed E-state index contributed by atoms with van der Waals surface area (Å²) in [4.78, 5) is 16.8. The van der Waals surface area contributed by atoms with Crippen LogP contribution in [-0.4, -0.2) is 29.3 Å². The van der Waals surface area contributed by atoms with Gasteiger partial charge in [0.1, 0.15) is 0 Å². The van der Waals surface area contributed by atoms with Gasteiger partial charge in [-0.05, 0) is 31.4 Å². The van der Waals surface area contributed by atoms with Gasteiger partial charge in [0.05, 0.1) is 4.88 Å². The number of carbonyl (C=O) groups is 1. The van der Waals surface area contributed by atoms with E-state index < -0.39 is 0 Å². The summed E-state index contributed by atoms with van der Waals surface area (Å²) in [7, 11) is 0. The van der Waals surface area contributed by atoms with Gasteiger partial charge in [0, 0.05) is 23.3 Å². The van der Waals surface area contributed by atoms with Crippen LogP contribution in [0.1, 0.15) is 53.6 Å². The van der Waals surface area contributed by atoms with Crippen LogP contribution in [0.25, 0.3) is 0 Å². The minimum absolute atomic E-state index is 0.178. The summed E-state index contributed by atoms with van der Waals surface area (Å²) in [5, 5.41) is 0. The minimum Gasteiger partial charge on any atom is -0.334 e. The second-order valence-electron chi connectivity index (χ2n) is 5.10. The lowest BCUT2D eigenvalue weighted by Crippen LogP contribution is -2.42. The third-order valence-electron chi connectivity index (χ3n) is 3.82. The SMILES string of the molecule is CCc1ccc(C(=O)N(CCCl)C2CCCCC2)s1. The summed E-state index contributed by atoms with van der Waals surface area (Å²) in [6, 6.07) is 4.43. The predicted molar refractivity (Wildman–Crippen MR) is 82.3 cm³/mol. The number of halogens is 1. The van der Waals surface area contributed by atoms with Crippen LogP contribution >= 0.6 is 22.9 Å². The molecular formula is C15H22ClNOS. The zero-order chi connectivity index (χ0) is 13.7. The molecule has 1 aromatic heterocycles. The summed E-state index contributed by atoms with van der Waals surface area (Å²) < 4.78 is 0. The molecule has 4 heteroatoms. The number of carbonyl (C=O) groups excluding carboxylic acids is 1. The highest BCUT2D eigenvalue weighted by Gasteiger charge is 2.26. The zero-order valence-corrected chi connectivity index (χ0v) is 13.1. The van der Waals surface area contributed by atoms with Crippen LogP contribution in [0.3, 0.4) is 0 Å². The maximum Gasteiger partial charge on any atom is 0.264 e. The average Bonchev–Trinajstić information content (AvgIpc) is 2.94. The molecule has 0 radical (unpaired) electrons. The van der Waals surface area contributed by atoms with Gasteiger partial charge in [-0.3, -0.25) is 4.79 Å². The van der Waals surface area contributed by atoms with Crippen LogP contribution in [0.2, 0.25) is 0 Å². The fourth-order valence-electron chi connectivity index (χ4n) is 2.76. The molecule has 0 unspecified atom stereocenters. The van der Waals surface area contributed by atoms with Crippen molar-refractivity contribution in [1.82, 2.24) is 4.90 Å². The highest BCUT2D eigenvalue weighted by Crippen LogP contribution is 2.26. The quantitative estimate of drug-likeness (QED) is 0.741. The van der Waals surface area contributed by atoms with Crippen LogP contribution < -0.4 is 0 Å². The minimum atomic E-state index is 0.178. The lowest BCUT2D eigenvalue weighted by Gasteiger charge is -2.33. The van der Waals surface area contributed by atoms with Gasteiger partial charge in [-0.1, -0.05) is 26.2 Å². The van der Waals surface area contributed by atoms with E-state index in [-0.39, 0.29) is 5.91 Å². The standard InChI is InChI=1S/C15H22ClNOS/c1-2-13-8-9-14(19-13)15(18)17(11-10-16)12-6-4-3-5-7-12/h8-9,12H,2-7,10-11H2,1H3. The van der Waals surface area contributed by atoms with Gasteiger partial charge >= 0.3 is 0 Å². The summed E-state index contributed by atoms with van der Waals surface area (Å²) >= 11 is 7.51. The Labute approximate surface area is 124 Å². The molecule has 0 aromatic carbocycles. The fraction of sp³-hybridized carbons (Fsp3) is 0.667. The fourth-order valence-corrected chi connectivity index (χ4v) is 3.84. The average molecular weight is 300 g/mol. The number of nitrogens with zero attached hydrogens (tertiary/aromatic N) is 1. The van der Waals surface area contributed by atoms with Gasteiger partial charge in [-0.25, -0.2) is 0 Å². The number of hydrogen-bond acceptors (Lipinski definition) is 2. The molecule has 1 amide bonds. The predicted octanol–water partition coefficient (Wildman–Crippen LogP) is 4.32. The van der Waals surface area contributed by atoms with E-state index in [2.05, 4.69) is 13.0 Å². The molecule has 1 aliphatic rings. The maximum atomic E-state index is 12.6. The van der Waals surface area contributed by atoms with Crippen molar-refractivity contribution in [3.63, 3.8) is 0 Å². The highest BCUT2D eigenvalue weighted by molar-refractivity contribution is 7.14. The van der Waals surface area contributed by atoms with Crippen molar-refractivity contribution in [1.29, 1.82) is 0 Å². The number of alkyl halides is 1. The van der Waals surface area contributed by atoms with Crippen LogP contribution in [-0.2, 0) is 6.42 Å². The summed E-state index contributed by atoms with van der Waals surface area (Å²) in [5.41, 5.74) is 0. The van der Waals surface area contributed by atoms with Gasteiger partial charge < -0.3 is 4.90 Å². The Balaban J connectivity index is 2.10.